The van der Waals surface area contributed by atoms with Gasteiger partial charge in [-0.25, -0.2) is 0 Å². The number of furan rings is 1. The normalized spacial score (nSPS) is 11.8. The molecule has 0 N–H and O–H groups in total. The maximum absolute atomic E-state index is 6.27. The molecule has 0 aliphatic carbocycles. The Hall–Kier alpha value is -9.18. The predicted octanol–water partition coefficient (Wildman–Crippen LogP) is 18.6. The highest BCUT2D eigenvalue weighted by atomic mass is 16.3. The fourth-order valence-corrected chi connectivity index (χ4v) is 11.0. The van der Waals surface area contributed by atoms with Crippen LogP contribution in [0.1, 0.15) is 0 Å². The van der Waals surface area contributed by atoms with Crippen molar-refractivity contribution in [3.05, 3.63) is 255 Å². The third kappa shape index (κ3) is 6.36. The van der Waals surface area contributed by atoms with Gasteiger partial charge in [-0.2, -0.15) is 0 Å². The average Bonchev–Trinajstić information content (AvgIpc) is 3.97. The average molecular weight is 879 g/mol. The molecule has 2 heterocycles. The Morgan fingerprint density at radius 3 is 1.38 bits per heavy atom. The molecule has 0 amide bonds. The SMILES string of the molecule is c1cc(-c2ccc(N(c3ccc(-c4ccccc4-n4c5ccccc5c5ccccc54)cc3)c3ccc4c5ccccc5c5ccccc5c4c3)cc2)cc(-c2ccc3c(c2)oc2ccccc23)c1. The monoisotopic (exact) mass is 878 g/mol. The molecule has 0 radical (unpaired) electrons. The number of rotatable bonds is 7. The van der Waals surface area contributed by atoms with Gasteiger partial charge in [0.1, 0.15) is 11.2 Å². The van der Waals surface area contributed by atoms with Crippen LogP contribution in [0.5, 0.6) is 0 Å². The summed E-state index contributed by atoms with van der Waals surface area (Å²) in [7, 11) is 0. The first-order chi connectivity index (χ1) is 34.2. The Labute approximate surface area is 399 Å². The molecule has 0 unspecified atom stereocenters. The summed E-state index contributed by atoms with van der Waals surface area (Å²) in [5, 5.41) is 12.3. The topological polar surface area (TPSA) is 21.3 Å². The van der Waals surface area contributed by atoms with Gasteiger partial charge in [-0.05, 0) is 139 Å². The summed E-state index contributed by atoms with van der Waals surface area (Å²) in [6.07, 6.45) is 0. The quantitative estimate of drug-likeness (QED) is 0.149. The van der Waals surface area contributed by atoms with Crippen molar-refractivity contribution in [1.29, 1.82) is 0 Å². The van der Waals surface area contributed by atoms with Gasteiger partial charge < -0.3 is 13.9 Å². The third-order valence-corrected chi connectivity index (χ3v) is 14.2. The number of aromatic nitrogens is 1. The highest BCUT2D eigenvalue weighted by Gasteiger charge is 2.19. The molecule has 14 aromatic rings. The van der Waals surface area contributed by atoms with Crippen molar-refractivity contribution in [2.75, 3.05) is 4.90 Å². The van der Waals surface area contributed by atoms with E-state index in [9.17, 15) is 0 Å². The molecule has 0 saturated carbocycles. The number of benzene rings is 12. The summed E-state index contributed by atoms with van der Waals surface area (Å²) in [6.45, 7) is 0. The zero-order chi connectivity index (χ0) is 45.4. The van der Waals surface area contributed by atoms with Crippen molar-refractivity contribution in [2.45, 2.75) is 0 Å². The van der Waals surface area contributed by atoms with E-state index in [1.165, 1.54) is 59.7 Å². The first kappa shape index (κ1) is 39.0. The number of nitrogens with zero attached hydrogens (tertiary/aromatic N) is 2. The molecular formula is C66H42N2O. The lowest BCUT2D eigenvalue weighted by Gasteiger charge is -2.27. The van der Waals surface area contributed by atoms with Crippen LogP contribution in [-0.2, 0) is 0 Å². The third-order valence-electron chi connectivity index (χ3n) is 14.2. The van der Waals surface area contributed by atoms with Gasteiger partial charge in [0.15, 0.2) is 0 Å². The zero-order valence-corrected chi connectivity index (χ0v) is 37.6. The van der Waals surface area contributed by atoms with Crippen LogP contribution >= 0.6 is 0 Å². The Kier molecular flexibility index (Phi) is 8.90. The van der Waals surface area contributed by atoms with Gasteiger partial charge in [0.25, 0.3) is 0 Å². The van der Waals surface area contributed by atoms with E-state index in [4.69, 9.17) is 4.42 Å². The molecule has 322 valence electrons. The Balaban J connectivity index is 0.882. The number of hydrogen-bond acceptors (Lipinski definition) is 2. The first-order valence-corrected chi connectivity index (χ1v) is 23.7. The second kappa shape index (κ2) is 15.7. The molecule has 14 rings (SSSR count). The summed E-state index contributed by atoms with van der Waals surface area (Å²) < 4.78 is 8.69. The van der Waals surface area contributed by atoms with E-state index in [1.54, 1.807) is 0 Å². The second-order valence-corrected chi connectivity index (χ2v) is 18.0. The summed E-state index contributed by atoms with van der Waals surface area (Å²) in [5.41, 5.74) is 15.5. The van der Waals surface area contributed by atoms with Crippen molar-refractivity contribution in [3.8, 4) is 39.1 Å². The van der Waals surface area contributed by atoms with E-state index in [-0.39, 0.29) is 0 Å². The number of hydrogen-bond donors (Lipinski definition) is 0. The van der Waals surface area contributed by atoms with Crippen molar-refractivity contribution < 1.29 is 4.42 Å². The van der Waals surface area contributed by atoms with E-state index in [0.29, 0.717) is 0 Å². The molecule has 0 bridgehead atoms. The summed E-state index contributed by atoms with van der Waals surface area (Å²) in [6, 6.07) is 92.6. The second-order valence-electron chi connectivity index (χ2n) is 18.0. The molecule has 0 aliphatic heterocycles. The molecule has 0 spiro atoms. The molecule has 0 atom stereocenters. The van der Waals surface area contributed by atoms with Crippen LogP contribution in [0, 0.1) is 0 Å². The highest BCUT2D eigenvalue weighted by Crippen LogP contribution is 2.43. The van der Waals surface area contributed by atoms with E-state index in [1.807, 2.05) is 12.1 Å². The molecule has 3 heteroatoms. The van der Waals surface area contributed by atoms with Gasteiger partial charge in [0.2, 0.25) is 0 Å². The lowest BCUT2D eigenvalue weighted by Crippen LogP contribution is -2.10. The standard InChI is InChI=1S/C66H42N2O/c1-2-19-54-52(17-1)53-18-3-4-20-55(53)61-42-50(37-39-56(54)61)67(48-33-28-43(29-34-48)45-14-13-15-46(40-45)47-32-38-60-59-23-8-12-27-65(59)69-66(60)41-47)49-35-30-44(31-36-49)51-16-5-9-24-62(51)68-63-25-10-6-21-57(63)58-22-7-11-26-64(58)68/h1-42H. The molecular weight excluding hydrogens is 837 g/mol. The number of anilines is 3. The summed E-state index contributed by atoms with van der Waals surface area (Å²) in [5.74, 6) is 0. The number of fused-ring (bicyclic) bond motifs is 12. The van der Waals surface area contributed by atoms with Gasteiger partial charge >= 0.3 is 0 Å². The fraction of sp³-hybridized carbons (Fsp3) is 0. The van der Waals surface area contributed by atoms with Crippen LogP contribution in [0.3, 0.4) is 0 Å². The molecule has 2 aromatic heterocycles. The lowest BCUT2D eigenvalue weighted by molar-refractivity contribution is 0.669. The minimum Gasteiger partial charge on any atom is -0.456 e. The van der Waals surface area contributed by atoms with Gasteiger partial charge in [0.05, 0.1) is 16.7 Å². The van der Waals surface area contributed by atoms with Crippen LogP contribution in [0.25, 0.3) is 115 Å². The van der Waals surface area contributed by atoms with Crippen molar-refractivity contribution >= 4 is 93.1 Å². The van der Waals surface area contributed by atoms with Crippen molar-refractivity contribution in [1.82, 2.24) is 4.57 Å². The van der Waals surface area contributed by atoms with E-state index in [2.05, 4.69) is 252 Å². The maximum Gasteiger partial charge on any atom is 0.136 e. The van der Waals surface area contributed by atoms with Crippen LogP contribution in [-0.4, -0.2) is 4.57 Å². The number of para-hydroxylation sites is 4. The fourth-order valence-electron chi connectivity index (χ4n) is 11.0. The largest absolute Gasteiger partial charge is 0.456 e. The Morgan fingerprint density at radius 1 is 0.261 bits per heavy atom. The van der Waals surface area contributed by atoms with Gasteiger partial charge in [-0.1, -0.05) is 176 Å². The van der Waals surface area contributed by atoms with Crippen LogP contribution in [0.15, 0.2) is 259 Å². The lowest BCUT2D eigenvalue weighted by atomic mass is 9.94. The minimum atomic E-state index is 0.902. The first-order valence-electron chi connectivity index (χ1n) is 23.7. The van der Waals surface area contributed by atoms with Gasteiger partial charge in [0, 0.05) is 44.2 Å². The highest BCUT2D eigenvalue weighted by molar-refractivity contribution is 6.26. The molecule has 0 fully saturated rings. The molecule has 12 aromatic carbocycles. The van der Waals surface area contributed by atoms with E-state index in [0.717, 1.165) is 72.5 Å². The molecule has 69 heavy (non-hydrogen) atoms. The predicted molar refractivity (Wildman–Crippen MR) is 292 cm³/mol. The molecule has 3 nitrogen and oxygen atoms in total. The van der Waals surface area contributed by atoms with E-state index < -0.39 is 0 Å². The zero-order valence-electron chi connectivity index (χ0n) is 37.6. The summed E-state index contributed by atoms with van der Waals surface area (Å²) >= 11 is 0. The Bertz CT molecular complexity index is 4220. The minimum absolute atomic E-state index is 0.902. The van der Waals surface area contributed by atoms with E-state index >= 15 is 0 Å². The van der Waals surface area contributed by atoms with Gasteiger partial charge in [-0.3, -0.25) is 0 Å². The van der Waals surface area contributed by atoms with Crippen LogP contribution in [0.4, 0.5) is 17.1 Å². The van der Waals surface area contributed by atoms with Gasteiger partial charge in [-0.15, -0.1) is 0 Å². The smallest absolute Gasteiger partial charge is 0.136 e. The maximum atomic E-state index is 6.27. The molecule has 0 aliphatic rings. The Morgan fingerprint density at radius 2 is 0.710 bits per heavy atom. The molecule has 0 saturated heterocycles. The van der Waals surface area contributed by atoms with Crippen molar-refractivity contribution in [3.63, 3.8) is 0 Å². The van der Waals surface area contributed by atoms with Crippen molar-refractivity contribution in [2.24, 2.45) is 0 Å². The van der Waals surface area contributed by atoms with Crippen LogP contribution in [0.2, 0.25) is 0 Å². The summed E-state index contributed by atoms with van der Waals surface area (Å²) in [4.78, 5) is 2.40. The van der Waals surface area contributed by atoms with Crippen LogP contribution < -0.4 is 4.90 Å².